The second kappa shape index (κ2) is 12.5. The molecule has 3 rings (SSSR count). The molecule has 8 nitrogen and oxygen atoms in total. The number of nitrogens with zero attached hydrogens (tertiary/aromatic N) is 4. The van der Waals surface area contributed by atoms with Crippen LogP contribution >= 0.6 is 24.0 Å². The molecule has 1 N–H and O–H groups in total. The van der Waals surface area contributed by atoms with E-state index in [0.717, 1.165) is 70.4 Å². The van der Waals surface area contributed by atoms with E-state index in [1.807, 2.05) is 44.9 Å². The van der Waals surface area contributed by atoms with Gasteiger partial charge in [-0.2, -0.15) is 0 Å². The van der Waals surface area contributed by atoms with Gasteiger partial charge in [0.25, 0.3) is 0 Å². The van der Waals surface area contributed by atoms with Crippen LogP contribution in [0.2, 0.25) is 0 Å². The average Bonchev–Trinajstić information content (AvgIpc) is 2.79. The number of anilines is 1. The fraction of sp³-hybridized carbons (Fsp3) is 0.667. The number of ether oxygens (including phenoxy) is 2. The van der Waals surface area contributed by atoms with Gasteiger partial charge in [-0.05, 0) is 63.8 Å². The summed E-state index contributed by atoms with van der Waals surface area (Å²) in [6, 6.07) is 8.25. The van der Waals surface area contributed by atoms with Crippen molar-refractivity contribution in [3.8, 4) is 5.75 Å². The molecule has 2 fully saturated rings. The zero-order chi connectivity index (χ0) is 23.1. The average molecular weight is 574 g/mol. The van der Waals surface area contributed by atoms with Crippen LogP contribution in [-0.2, 0) is 4.74 Å². The monoisotopic (exact) mass is 573 g/mol. The number of likely N-dealkylation sites (tertiary alicyclic amines) is 1. The maximum absolute atomic E-state index is 12.3. The second-order valence-corrected chi connectivity index (χ2v) is 9.51. The molecule has 2 saturated heterocycles. The minimum absolute atomic E-state index is 0. The molecule has 0 unspecified atom stereocenters. The topological polar surface area (TPSA) is 69.6 Å². The number of piperidine rings is 1. The summed E-state index contributed by atoms with van der Waals surface area (Å²) in [6.07, 6.45) is 1.76. The molecule has 0 spiro atoms. The van der Waals surface area contributed by atoms with E-state index in [9.17, 15) is 4.79 Å². The van der Waals surface area contributed by atoms with Gasteiger partial charge in [0.1, 0.15) is 11.4 Å². The van der Waals surface area contributed by atoms with Crippen molar-refractivity contribution in [2.24, 2.45) is 10.9 Å². The maximum atomic E-state index is 12.3. The zero-order valence-electron chi connectivity index (χ0n) is 20.7. The van der Waals surface area contributed by atoms with Crippen molar-refractivity contribution in [3.63, 3.8) is 0 Å². The molecule has 0 bridgehead atoms. The molecule has 186 valence electrons. The van der Waals surface area contributed by atoms with Crippen molar-refractivity contribution >= 4 is 41.7 Å². The van der Waals surface area contributed by atoms with Crippen molar-refractivity contribution in [1.29, 1.82) is 0 Å². The number of amides is 1. The van der Waals surface area contributed by atoms with E-state index in [1.54, 1.807) is 7.11 Å². The molecule has 0 aromatic heterocycles. The lowest BCUT2D eigenvalue weighted by Gasteiger charge is -2.38. The number of nitrogens with one attached hydrogen (secondary N) is 1. The van der Waals surface area contributed by atoms with Crippen LogP contribution in [0, 0.1) is 5.92 Å². The molecule has 1 amide bonds. The number of hydrogen-bond acceptors (Lipinski definition) is 5. The van der Waals surface area contributed by atoms with E-state index in [4.69, 9.17) is 9.47 Å². The SMILES string of the molecule is CN=C(NCC1CCN(C(=O)OC(C)(C)C)CC1)N1CCN(c2ccc(OC)cc2)CC1.I. The summed E-state index contributed by atoms with van der Waals surface area (Å²) in [6.45, 7) is 11.9. The molecule has 9 heteroatoms. The van der Waals surface area contributed by atoms with E-state index in [2.05, 4.69) is 32.2 Å². The van der Waals surface area contributed by atoms with Crippen LogP contribution in [0.15, 0.2) is 29.3 Å². The number of hydrogen-bond donors (Lipinski definition) is 1. The van der Waals surface area contributed by atoms with E-state index in [-0.39, 0.29) is 30.1 Å². The first kappa shape index (κ1) is 27.3. The van der Waals surface area contributed by atoms with Crippen molar-refractivity contribution in [1.82, 2.24) is 15.1 Å². The molecule has 2 aliphatic rings. The third-order valence-electron chi connectivity index (χ3n) is 6.04. The fourth-order valence-corrected chi connectivity index (χ4v) is 4.18. The lowest BCUT2D eigenvalue weighted by molar-refractivity contribution is 0.0185. The minimum atomic E-state index is -0.445. The van der Waals surface area contributed by atoms with Gasteiger partial charge in [-0.15, -0.1) is 24.0 Å². The van der Waals surface area contributed by atoms with Crippen LogP contribution in [0.5, 0.6) is 5.75 Å². The van der Waals surface area contributed by atoms with E-state index in [1.165, 1.54) is 5.69 Å². The maximum Gasteiger partial charge on any atom is 0.410 e. The third kappa shape index (κ3) is 8.12. The first-order valence-electron chi connectivity index (χ1n) is 11.6. The van der Waals surface area contributed by atoms with Gasteiger partial charge >= 0.3 is 6.09 Å². The number of benzene rings is 1. The molecule has 0 radical (unpaired) electrons. The number of guanidine groups is 1. The molecule has 0 atom stereocenters. The summed E-state index contributed by atoms with van der Waals surface area (Å²) in [5, 5.41) is 3.57. The molecule has 0 saturated carbocycles. The summed E-state index contributed by atoms with van der Waals surface area (Å²) < 4.78 is 10.8. The predicted octanol–water partition coefficient (Wildman–Crippen LogP) is 3.66. The van der Waals surface area contributed by atoms with Crippen LogP contribution < -0.4 is 15.0 Å². The Balaban J connectivity index is 0.00000385. The summed E-state index contributed by atoms with van der Waals surface area (Å²) in [5.74, 6) is 2.38. The van der Waals surface area contributed by atoms with Crippen molar-refractivity contribution in [2.75, 3.05) is 64.9 Å². The number of carbonyl (C=O) groups excluding carboxylic acids is 1. The lowest BCUT2D eigenvalue weighted by atomic mass is 9.97. The summed E-state index contributed by atoms with van der Waals surface area (Å²) >= 11 is 0. The second-order valence-electron chi connectivity index (χ2n) is 9.51. The molecule has 2 heterocycles. The molecule has 1 aromatic carbocycles. The molecular formula is C24H40IN5O3. The third-order valence-corrected chi connectivity index (χ3v) is 6.04. The normalized spacial score (nSPS) is 18.0. The Labute approximate surface area is 215 Å². The van der Waals surface area contributed by atoms with Crippen molar-refractivity contribution in [3.05, 3.63) is 24.3 Å². The highest BCUT2D eigenvalue weighted by molar-refractivity contribution is 14.0. The fourth-order valence-electron chi connectivity index (χ4n) is 4.18. The quantitative estimate of drug-likeness (QED) is 0.337. The van der Waals surface area contributed by atoms with Gasteiger partial charge in [-0.3, -0.25) is 4.99 Å². The van der Waals surface area contributed by atoms with Crippen LogP contribution in [0.3, 0.4) is 0 Å². The van der Waals surface area contributed by atoms with Gasteiger partial charge in [-0.25, -0.2) is 4.79 Å². The Morgan fingerprint density at radius 2 is 1.64 bits per heavy atom. The van der Waals surface area contributed by atoms with Gasteiger partial charge in [0.05, 0.1) is 7.11 Å². The van der Waals surface area contributed by atoms with Gasteiger partial charge in [-0.1, -0.05) is 0 Å². The van der Waals surface area contributed by atoms with E-state index in [0.29, 0.717) is 5.92 Å². The number of halogens is 1. The number of rotatable bonds is 4. The van der Waals surface area contributed by atoms with Crippen LogP contribution in [0.25, 0.3) is 0 Å². The Morgan fingerprint density at radius 3 is 2.15 bits per heavy atom. The van der Waals surface area contributed by atoms with Gasteiger partial charge in [0.15, 0.2) is 5.96 Å². The number of piperazine rings is 1. The minimum Gasteiger partial charge on any atom is -0.497 e. The predicted molar refractivity (Wildman–Crippen MR) is 144 cm³/mol. The highest BCUT2D eigenvalue weighted by Crippen LogP contribution is 2.21. The summed E-state index contributed by atoms with van der Waals surface area (Å²) in [7, 11) is 3.54. The van der Waals surface area contributed by atoms with E-state index < -0.39 is 5.60 Å². The van der Waals surface area contributed by atoms with Crippen molar-refractivity contribution in [2.45, 2.75) is 39.2 Å². The Bertz CT molecular complexity index is 765. The van der Waals surface area contributed by atoms with Gasteiger partial charge in [0.2, 0.25) is 0 Å². The standard InChI is InChI=1S/C24H39N5O3.HI/c1-24(2,3)32-23(30)29-12-10-19(11-13-29)18-26-22(25-4)28-16-14-27(15-17-28)20-6-8-21(31-5)9-7-20;/h6-9,19H,10-18H2,1-5H3,(H,25,26);1H. The molecule has 1 aromatic rings. The number of methoxy groups -OCH3 is 1. The summed E-state index contributed by atoms with van der Waals surface area (Å²) in [4.78, 5) is 23.3. The van der Waals surface area contributed by atoms with Crippen LogP contribution in [-0.4, -0.2) is 87.4 Å². The molecule has 2 aliphatic heterocycles. The number of aliphatic imine (C=N–C) groups is 1. The molecule has 0 aliphatic carbocycles. The highest BCUT2D eigenvalue weighted by Gasteiger charge is 2.27. The summed E-state index contributed by atoms with van der Waals surface area (Å²) in [5.41, 5.74) is 0.782. The van der Waals surface area contributed by atoms with Gasteiger partial charge in [0, 0.05) is 58.5 Å². The largest absolute Gasteiger partial charge is 0.497 e. The van der Waals surface area contributed by atoms with E-state index >= 15 is 0 Å². The highest BCUT2D eigenvalue weighted by atomic mass is 127. The Kier molecular flexibility index (Phi) is 10.4. The first-order valence-corrected chi connectivity index (χ1v) is 11.6. The lowest BCUT2D eigenvalue weighted by Crippen LogP contribution is -2.53. The first-order chi connectivity index (χ1) is 15.3. The number of carbonyl (C=O) groups is 1. The molecular weight excluding hydrogens is 533 g/mol. The van der Waals surface area contributed by atoms with Gasteiger partial charge < -0.3 is 29.5 Å². The van der Waals surface area contributed by atoms with Crippen LogP contribution in [0.1, 0.15) is 33.6 Å². The Hall–Kier alpha value is -1.91. The van der Waals surface area contributed by atoms with Crippen LogP contribution in [0.4, 0.5) is 10.5 Å². The molecule has 33 heavy (non-hydrogen) atoms. The Morgan fingerprint density at radius 1 is 1.03 bits per heavy atom. The zero-order valence-corrected chi connectivity index (χ0v) is 23.0. The smallest absolute Gasteiger partial charge is 0.410 e. The van der Waals surface area contributed by atoms with Crippen molar-refractivity contribution < 1.29 is 14.3 Å².